The molecule has 0 atom stereocenters. The van der Waals surface area contributed by atoms with E-state index in [1.54, 1.807) is 0 Å². The van der Waals surface area contributed by atoms with E-state index in [0.29, 0.717) is 6.61 Å². The molecule has 3 aromatic rings. The molecule has 0 aliphatic rings. The van der Waals surface area contributed by atoms with Gasteiger partial charge >= 0.3 is 21.2 Å². The first-order chi connectivity index (χ1) is 13.2. The molecule has 146 valence electrons. The molecule has 0 N–H and O–H groups in total. The Labute approximate surface area is 206 Å². The summed E-state index contributed by atoms with van der Waals surface area (Å²) in [5, 5.41) is 0. The zero-order chi connectivity index (χ0) is 20.3. The van der Waals surface area contributed by atoms with Crippen LogP contribution in [0.5, 0.6) is 5.75 Å². The predicted molar refractivity (Wildman–Crippen MR) is 130 cm³/mol. The number of hydrogen-bond acceptors (Lipinski definition) is 1. The fraction of sp³-hybridized carbons (Fsp3) is 0.250. The molecule has 0 heterocycles. The number of ether oxygens (including phenoxy) is 1. The first-order valence-corrected chi connectivity index (χ1v) is 13.5. The van der Waals surface area contributed by atoms with Crippen molar-refractivity contribution >= 4 is 45.2 Å². The van der Waals surface area contributed by atoms with E-state index in [0.717, 1.165) is 5.75 Å². The van der Waals surface area contributed by atoms with E-state index in [9.17, 15) is 0 Å². The number of rotatable bonds is 5. The summed E-state index contributed by atoms with van der Waals surface area (Å²) >= 11 is 4.53. The minimum atomic E-state index is -0.176. The number of hydrogen-bond donors (Lipinski definition) is 0. The van der Waals surface area contributed by atoms with Gasteiger partial charge in [-0.15, -0.1) is 0 Å². The van der Waals surface area contributed by atoms with E-state index in [4.69, 9.17) is 4.74 Å². The summed E-state index contributed by atoms with van der Waals surface area (Å²) < 4.78 is 11.5. The van der Waals surface area contributed by atoms with Crippen LogP contribution in [0.15, 0.2) is 60.7 Å². The van der Waals surface area contributed by atoms with Crippen molar-refractivity contribution in [1.82, 2.24) is 0 Å². The maximum Gasteiger partial charge on any atom is 0.358 e. The fourth-order valence-corrected chi connectivity index (χ4v) is 7.20. The SMILES string of the molecule is Cc1cc(OCc2cc(I)cc(I)c2)ccc1[I+]c1ccc(C(C)(C)C)cc1. The van der Waals surface area contributed by atoms with E-state index in [1.807, 2.05) is 0 Å². The zero-order valence-electron chi connectivity index (χ0n) is 16.5. The Morgan fingerprint density at radius 3 is 2.07 bits per heavy atom. The second kappa shape index (κ2) is 9.64. The lowest BCUT2D eigenvalue weighted by atomic mass is 9.87. The van der Waals surface area contributed by atoms with Crippen LogP contribution in [0.2, 0.25) is 0 Å². The lowest BCUT2D eigenvalue weighted by Crippen LogP contribution is -3.61. The Morgan fingerprint density at radius 2 is 1.50 bits per heavy atom. The van der Waals surface area contributed by atoms with Gasteiger partial charge in [-0.2, -0.15) is 0 Å². The van der Waals surface area contributed by atoms with Crippen molar-refractivity contribution in [2.24, 2.45) is 0 Å². The predicted octanol–water partition coefficient (Wildman–Crippen LogP) is 4.21. The average Bonchev–Trinajstić information content (AvgIpc) is 2.61. The van der Waals surface area contributed by atoms with Crippen molar-refractivity contribution in [2.75, 3.05) is 0 Å². The third-order valence-electron chi connectivity index (χ3n) is 4.38. The summed E-state index contributed by atoms with van der Waals surface area (Å²) in [6.45, 7) is 9.58. The first-order valence-electron chi connectivity index (χ1n) is 9.14. The average molecular weight is 709 g/mol. The quantitative estimate of drug-likeness (QED) is 0.362. The minimum absolute atomic E-state index is 0.176. The van der Waals surface area contributed by atoms with Gasteiger partial charge in [-0.05, 0) is 117 Å². The fourth-order valence-electron chi connectivity index (χ4n) is 2.80. The highest BCUT2D eigenvalue weighted by Gasteiger charge is 2.20. The highest BCUT2D eigenvalue weighted by Crippen LogP contribution is 2.21. The molecule has 4 heteroatoms. The number of aryl methyl sites for hydroxylation is 1. The van der Waals surface area contributed by atoms with Crippen LogP contribution in [0.25, 0.3) is 0 Å². The molecule has 28 heavy (non-hydrogen) atoms. The molecule has 0 spiro atoms. The Hall–Kier alpha value is -0.350. The van der Waals surface area contributed by atoms with Gasteiger partial charge in [0.2, 0.25) is 0 Å². The van der Waals surface area contributed by atoms with Crippen molar-refractivity contribution in [3.63, 3.8) is 0 Å². The summed E-state index contributed by atoms with van der Waals surface area (Å²) in [5.41, 5.74) is 4.14. The summed E-state index contributed by atoms with van der Waals surface area (Å²) in [6.07, 6.45) is 0. The molecule has 3 rings (SSSR count). The molecule has 0 saturated heterocycles. The van der Waals surface area contributed by atoms with Gasteiger partial charge in [0, 0.05) is 12.7 Å². The third kappa shape index (κ3) is 6.32. The minimum Gasteiger partial charge on any atom is -0.489 e. The van der Waals surface area contributed by atoms with Crippen LogP contribution in [-0.4, -0.2) is 0 Å². The van der Waals surface area contributed by atoms with Crippen LogP contribution in [0.1, 0.15) is 37.5 Å². The molecule has 0 fully saturated rings. The standard InChI is InChI=1S/C24H24I3O/c1-16-11-22(28-15-17-12-19(25)14-20(26)13-17)9-10-23(16)27-21-7-5-18(6-8-21)24(2,3)4/h5-14H,15H2,1-4H3/q+1. The Morgan fingerprint density at radius 1 is 0.857 bits per heavy atom. The molecule has 0 aliphatic carbocycles. The van der Waals surface area contributed by atoms with Crippen molar-refractivity contribution in [2.45, 2.75) is 39.7 Å². The Kier molecular flexibility index (Phi) is 7.69. The second-order valence-corrected chi connectivity index (χ2v) is 13.3. The molecule has 0 amide bonds. The van der Waals surface area contributed by atoms with Gasteiger partial charge in [-0.3, -0.25) is 0 Å². The van der Waals surface area contributed by atoms with Gasteiger partial charge in [0.15, 0.2) is 7.14 Å². The lowest BCUT2D eigenvalue weighted by Gasteiger charge is -2.18. The van der Waals surface area contributed by atoms with Gasteiger partial charge in [0.25, 0.3) is 0 Å². The first kappa shape index (κ1) is 22.3. The van der Waals surface area contributed by atoms with Crippen molar-refractivity contribution in [1.29, 1.82) is 0 Å². The van der Waals surface area contributed by atoms with E-state index < -0.39 is 0 Å². The summed E-state index contributed by atoms with van der Waals surface area (Å²) in [5.74, 6) is 0.946. The highest BCUT2D eigenvalue weighted by molar-refractivity contribution is 14.1. The Bertz CT molecular complexity index is 936. The van der Waals surface area contributed by atoms with E-state index in [1.165, 1.54) is 31.0 Å². The van der Waals surface area contributed by atoms with Gasteiger partial charge < -0.3 is 4.74 Å². The molecular weight excluding hydrogens is 685 g/mol. The molecule has 0 unspecified atom stereocenters. The van der Waals surface area contributed by atoms with Crippen molar-refractivity contribution in [3.8, 4) is 5.75 Å². The molecule has 0 saturated carbocycles. The van der Waals surface area contributed by atoms with Gasteiger partial charge in [0.1, 0.15) is 12.4 Å². The number of halogens is 3. The lowest BCUT2D eigenvalue weighted by molar-refractivity contribution is -0.598. The Balaban J connectivity index is 1.66. The maximum absolute atomic E-state index is 6.05. The van der Waals surface area contributed by atoms with E-state index in [2.05, 4.69) is 134 Å². The largest absolute Gasteiger partial charge is 0.489 e. The highest BCUT2D eigenvalue weighted by atomic mass is 127. The van der Waals surface area contributed by atoms with Crippen molar-refractivity contribution in [3.05, 3.63) is 91.6 Å². The summed E-state index contributed by atoms with van der Waals surface area (Å²) in [7, 11) is 0. The molecule has 0 aliphatic heterocycles. The van der Waals surface area contributed by atoms with Gasteiger partial charge in [-0.25, -0.2) is 0 Å². The van der Waals surface area contributed by atoms with Crippen LogP contribution < -0.4 is 25.9 Å². The van der Waals surface area contributed by atoms with Crippen LogP contribution in [-0.2, 0) is 12.0 Å². The molecule has 0 radical (unpaired) electrons. The van der Waals surface area contributed by atoms with Crippen LogP contribution in [0.4, 0.5) is 0 Å². The molecule has 3 aromatic carbocycles. The van der Waals surface area contributed by atoms with Crippen LogP contribution in [0, 0.1) is 21.2 Å². The topological polar surface area (TPSA) is 9.23 Å². The number of benzene rings is 3. The normalized spacial score (nSPS) is 11.5. The molecular formula is C24H24I3O+. The maximum atomic E-state index is 6.05. The summed E-state index contributed by atoms with van der Waals surface area (Å²) in [6, 6.07) is 22.2. The monoisotopic (exact) mass is 709 g/mol. The van der Waals surface area contributed by atoms with Gasteiger partial charge in [0.05, 0.1) is 0 Å². The van der Waals surface area contributed by atoms with E-state index in [-0.39, 0.29) is 26.6 Å². The molecule has 1 nitrogen and oxygen atoms in total. The smallest absolute Gasteiger partial charge is 0.358 e. The van der Waals surface area contributed by atoms with Crippen molar-refractivity contribution < 1.29 is 25.9 Å². The van der Waals surface area contributed by atoms with Crippen LogP contribution >= 0.6 is 45.2 Å². The summed E-state index contributed by atoms with van der Waals surface area (Å²) in [4.78, 5) is 0. The zero-order valence-corrected chi connectivity index (χ0v) is 23.0. The molecule has 0 aromatic heterocycles. The van der Waals surface area contributed by atoms with Crippen LogP contribution in [0.3, 0.4) is 0 Å². The van der Waals surface area contributed by atoms with E-state index >= 15 is 0 Å². The van der Waals surface area contributed by atoms with Gasteiger partial charge in [-0.1, -0.05) is 32.9 Å². The third-order valence-corrected chi connectivity index (χ3v) is 8.76. The second-order valence-electron chi connectivity index (χ2n) is 7.83. The molecule has 0 bridgehead atoms.